The number of pyridine rings is 1. The van der Waals surface area contributed by atoms with Crippen LogP contribution in [0.1, 0.15) is 12.2 Å². The van der Waals surface area contributed by atoms with Crippen LogP contribution in [0.4, 0.5) is 0 Å². The zero-order valence-corrected chi connectivity index (χ0v) is 20.6. The number of fused-ring (bicyclic) bond motifs is 3. The molecular weight excluding hydrogens is 446 g/mol. The largest absolute Gasteiger partial charge is 0.384 e. The Morgan fingerprint density at radius 1 is 0.971 bits per heavy atom. The molecule has 35 heavy (non-hydrogen) atoms. The molecule has 6 rings (SSSR count). The molecule has 0 spiro atoms. The summed E-state index contributed by atoms with van der Waals surface area (Å²) >= 11 is 0. The van der Waals surface area contributed by atoms with E-state index in [2.05, 4.69) is 25.2 Å². The van der Waals surface area contributed by atoms with Crippen LogP contribution in [-0.2, 0) is 27.5 Å². The number of aliphatic imine (C=N–C) groups is 1. The number of amidine groups is 1. The number of ether oxygens (including phenoxy) is 3. The number of hydrogen-bond donors (Lipinski definition) is 0. The fourth-order valence-corrected chi connectivity index (χ4v) is 4.28. The maximum Gasteiger partial charge on any atom is 0.141 e. The monoisotopic (exact) mass is 479 g/mol. The zero-order valence-electron chi connectivity index (χ0n) is 20.6. The van der Waals surface area contributed by atoms with Crippen molar-refractivity contribution in [3.05, 3.63) is 60.7 Å². The van der Waals surface area contributed by atoms with Crippen LogP contribution in [0.15, 0.2) is 59.9 Å². The second-order valence-corrected chi connectivity index (χ2v) is 8.27. The first-order valence-corrected chi connectivity index (χ1v) is 11.7. The lowest BCUT2D eigenvalue weighted by Crippen LogP contribution is -2.24. The van der Waals surface area contributed by atoms with E-state index >= 15 is 0 Å². The molecule has 2 aliphatic rings. The van der Waals surface area contributed by atoms with Crippen LogP contribution in [0.2, 0.25) is 0 Å². The summed E-state index contributed by atoms with van der Waals surface area (Å²) in [7, 11) is 5.07. The SMILES string of the molecule is COCC1CCN2CCN=C12.COCc1ncc2ccccn12.COCn1nnc2ccccc21. The van der Waals surface area contributed by atoms with Gasteiger partial charge in [-0.2, -0.15) is 0 Å². The smallest absolute Gasteiger partial charge is 0.141 e. The summed E-state index contributed by atoms with van der Waals surface area (Å²) in [6.07, 6.45) is 5.05. The number of nitrogens with zero attached hydrogens (tertiary/aromatic N) is 7. The average Bonchev–Trinajstić information content (AvgIpc) is 3.67. The van der Waals surface area contributed by atoms with Gasteiger partial charge in [0.25, 0.3) is 0 Å². The second kappa shape index (κ2) is 12.4. The van der Waals surface area contributed by atoms with Crippen molar-refractivity contribution in [2.75, 3.05) is 47.6 Å². The average molecular weight is 480 g/mol. The van der Waals surface area contributed by atoms with Crippen molar-refractivity contribution in [1.82, 2.24) is 29.3 Å². The van der Waals surface area contributed by atoms with Crippen LogP contribution in [0.5, 0.6) is 0 Å². The first-order chi connectivity index (χ1) is 17.2. The van der Waals surface area contributed by atoms with E-state index in [0.717, 1.165) is 42.1 Å². The maximum atomic E-state index is 5.13. The van der Waals surface area contributed by atoms with Gasteiger partial charge < -0.3 is 23.5 Å². The maximum absolute atomic E-state index is 5.13. The van der Waals surface area contributed by atoms with Crippen molar-refractivity contribution in [3.8, 4) is 0 Å². The summed E-state index contributed by atoms with van der Waals surface area (Å²) in [4.78, 5) is 11.1. The molecule has 2 aliphatic heterocycles. The van der Waals surface area contributed by atoms with Crippen LogP contribution in [0, 0.1) is 5.92 Å². The third-order valence-electron chi connectivity index (χ3n) is 5.91. The number of hydrogen-bond acceptors (Lipinski definition) is 8. The van der Waals surface area contributed by atoms with Crippen LogP contribution in [-0.4, -0.2) is 82.7 Å². The Balaban J connectivity index is 0.000000124. The summed E-state index contributed by atoms with van der Waals surface area (Å²) in [5.41, 5.74) is 3.00. The predicted molar refractivity (Wildman–Crippen MR) is 134 cm³/mol. The minimum Gasteiger partial charge on any atom is -0.384 e. The molecule has 1 fully saturated rings. The van der Waals surface area contributed by atoms with Gasteiger partial charge in [-0.1, -0.05) is 23.4 Å². The van der Waals surface area contributed by atoms with E-state index in [1.165, 1.54) is 18.8 Å². The van der Waals surface area contributed by atoms with Gasteiger partial charge in [-0.05, 0) is 30.7 Å². The molecular formula is C25H33N7O3. The van der Waals surface area contributed by atoms with Gasteiger partial charge in [0, 0.05) is 46.5 Å². The summed E-state index contributed by atoms with van der Waals surface area (Å²) < 4.78 is 18.8. The molecule has 0 amide bonds. The van der Waals surface area contributed by atoms with Crippen molar-refractivity contribution in [3.63, 3.8) is 0 Å². The van der Waals surface area contributed by atoms with Crippen LogP contribution >= 0.6 is 0 Å². The summed E-state index contributed by atoms with van der Waals surface area (Å²) in [6.45, 7) is 5.16. The molecule has 0 saturated carbocycles. The fourth-order valence-electron chi connectivity index (χ4n) is 4.28. The highest BCUT2D eigenvalue weighted by atomic mass is 16.5. The van der Waals surface area contributed by atoms with Gasteiger partial charge in [0.15, 0.2) is 0 Å². The number of imidazole rings is 1. The lowest BCUT2D eigenvalue weighted by atomic mass is 10.1. The number of methoxy groups -OCH3 is 3. The van der Waals surface area contributed by atoms with Crippen LogP contribution in [0.3, 0.4) is 0 Å². The summed E-state index contributed by atoms with van der Waals surface area (Å²) in [5.74, 6) is 2.82. The molecule has 1 saturated heterocycles. The quantitative estimate of drug-likeness (QED) is 0.420. The number of benzene rings is 1. The van der Waals surface area contributed by atoms with Gasteiger partial charge >= 0.3 is 0 Å². The van der Waals surface area contributed by atoms with Crippen molar-refractivity contribution in [2.45, 2.75) is 19.8 Å². The Hall–Kier alpha value is -3.34. The number of rotatable bonds is 6. The molecule has 10 heteroatoms. The Bertz CT molecular complexity index is 1160. The fraction of sp³-hybridized carbons (Fsp3) is 0.440. The van der Waals surface area contributed by atoms with Crippen molar-refractivity contribution >= 4 is 22.4 Å². The van der Waals surface area contributed by atoms with Crippen molar-refractivity contribution in [2.24, 2.45) is 10.9 Å². The van der Waals surface area contributed by atoms with Gasteiger partial charge in [-0.3, -0.25) is 4.99 Å². The highest BCUT2D eigenvalue weighted by Crippen LogP contribution is 2.22. The van der Waals surface area contributed by atoms with E-state index in [-0.39, 0.29) is 0 Å². The minimum atomic E-state index is 0.445. The molecule has 0 bridgehead atoms. The Kier molecular flexibility index (Phi) is 8.77. The molecule has 4 aromatic rings. The standard InChI is InChI=1S/C9H10N2O.C8H9N3O.C8H14N2O/c1-12-7-9-10-6-8-4-2-3-5-11(8)9;1-12-6-11-8-5-3-2-4-7(8)9-10-11;1-11-6-7-2-4-10-5-3-9-8(7)10/h2-6H,7H2,1H3;2-5H,6H2,1H3;7H,2-6H2,1H3. The molecule has 10 nitrogen and oxygen atoms in total. The van der Waals surface area contributed by atoms with Crippen molar-refractivity contribution < 1.29 is 14.2 Å². The molecule has 1 unspecified atom stereocenters. The first-order valence-electron chi connectivity index (χ1n) is 11.7. The van der Waals surface area contributed by atoms with E-state index in [1.807, 2.05) is 59.3 Å². The third-order valence-corrected chi connectivity index (χ3v) is 5.91. The van der Waals surface area contributed by atoms with Gasteiger partial charge in [-0.25, -0.2) is 9.67 Å². The van der Waals surface area contributed by atoms with E-state index in [9.17, 15) is 0 Å². The third kappa shape index (κ3) is 6.02. The zero-order chi connectivity index (χ0) is 24.5. The van der Waals surface area contributed by atoms with Gasteiger partial charge in [0.2, 0.25) is 0 Å². The lowest BCUT2D eigenvalue weighted by Gasteiger charge is -2.12. The molecule has 3 aromatic heterocycles. The Morgan fingerprint density at radius 3 is 2.66 bits per heavy atom. The normalized spacial score (nSPS) is 16.5. The molecule has 186 valence electrons. The van der Waals surface area contributed by atoms with Gasteiger partial charge in [0.1, 0.15) is 30.5 Å². The minimum absolute atomic E-state index is 0.445. The highest BCUT2D eigenvalue weighted by molar-refractivity contribution is 5.88. The molecule has 1 aromatic carbocycles. The van der Waals surface area contributed by atoms with Crippen LogP contribution in [0.25, 0.3) is 16.6 Å². The lowest BCUT2D eigenvalue weighted by molar-refractivity contribution is 0.122. The highest BCUT2D eigenvalue weighted by Gasteiger charge is 2.31. The summed E-state index contributed by atoms with van der Waals surface area (Å²) in [5, 5.41) is 7.90. The second-order valence-electron chi connectivity index (χ2n) is 8.27. The van der Waals surface area contributed by atoms with Crippen LogP contribution < -0.4 is 0 Å². The molecule has 1 atom stereocenters. The van der Waals surface area contributed by atoms with Gasteiger partial charge in [0.05, 0.1) is 30.4 Å². The van der Waals surface area contributed by atoms with E-state index in [1.54, 1.807) is 26.0 Å². The molecule has 0 aliphatic carbocycles. The topological polar surface area (TPSA) is 91.3 Å². The summed E-state index contributed by atoms with van der Waals surface area (Å²) in [6, 6.07) is 13.8. The van der Waals surface area contributed by atoms with E-state index in [0.29, 0.717) is 19.3 Å². The molecule has 0 radical (unpaired) electrons. The Labute approximate surface area is 205 Å². The number of para-hydroxylation sites is 1. The van der Waals surface area contributed by atoms with Crippen molar-refractivity contribution in [1.29, 1.82) is 0 Å². The predicted octanol–water partition coefficient (Wildman–Crippen LogP) is 2.88. The Morgan fingerprint density at radius 2 is 1.83 bits per heavy atom. The first kappa shape index (κ1) is 24.8. The van der Waals surface area contributed by atoms with E-state index < -0.39 is 0 Å². The molecule has 5 heterocycles. The van der Waals surface area contributed by atoms with E-state index in [4.69, 9.17) is 14.2 Å². The number of aromatic nitrogens is 5. The molecule has 0 N–H and O–H groups in total. The van der Waals surface area contributed by atoms with Gasteiger partial charge in [-0.15, -0.1) is 5.10 Å².